The fourth-order valence-corrected chi connectivity index (χ4v) is 3.15. The average Bonchev–Trinajstić information content (AvgIpc) is 2.98. The highest BCUT2D eigenvalue weighted by Crippen LogP contribution is 2.42. The summed E-state index contributed by atoms with van der Waals surface area (Å²) in [5, 5.41) is 3.71. The van der Waals surface area contributed by atoms with Crippen molar-refractivity contribution in [1.29, 1.82) is 0 Å². The zero-order chi connectivity index (χ0) is 11.8. The summed E-state index contributed by atoms with van der Waals surface area (Å²) in [6.45, 7) is 11.0. The lowest BCUT2D eigenvalue weighted by molar-refractivity contribution is 0.106. The van der Waals surface area contributed by atoms with E-state index < -0.39 is 0 Å². The van der Waals surface area contributed by atoms with Crippen molar-refractivity contribution >= 4 is 0 Å². The Bertz CT molecular complexity index is 224. The molecule has 3 atom stereocenters. The summed E-state index contributed by atoms with van der Waals surface area (Å²) in [7, 11) is 0. The van der Waals surface area contributed by atoms with Crippen molar-refractivity contribution < 1.29 is 0 Å². The summed E-state index contributed by atoms with van der Waals surface area (Å²) in [5.74, 6) is 2.81. The van der Waals surface area contributed by atoms with Gasteiger partial charge in [-0.1, -0.05) is 27.7 Å². The van der Waals surface area contributed by atoms with Crippen LogP contribution in [0.1, 0.15) is 59.8 Å². The van der Waals surface area contributed by atoms with Crippen LogP contribution in [0.3, 0.4) is 0 Å². The van der Waals surface area contributed by atoms with Crippen molar-refractivity contribution in [3.05, 3.63) is 0 Å². The summed E-state index contributed by atoms with van der Waals surface area (Å²) in [4.78, 5) is 0. The van der Waals surface area contributed by atoms with Crippen LogP contribution >= 0.6 is 0 Å². The predicted octanol–water partition coefficient (Wildman–Crippen LogP) is 3.84. The Balaban J connectivity index is 1.77. The molecule has 0 aromatic rings. The molecular weight excluding hydrogens is 194 g/mol. The van der Waals surface area contributed by atoms with Gasteiger partial charge >= 0.3 is 0 Å². The molecule has 0 amide bonds. The van der Waals surface area contributed by atoms with E-state index >= 15 is 0 Å². The Morgan fingerprint density at radius 1 is 1.06 bits per heavy atom. The van der Waals surface area contributed by atoms with Crippen LogP contribution in [0.4, 0.5) is 0 Å². The quantitative estimate of drug-likeness (QED) is 0.766. The third-order valence-electron chi connectivity index (χ3n) is 4.82. The standard InChI is InChI=1S/C15H29N/c1-11-9-13(15(2,3)4)6-5-12(11)10-16-14-7-8-14/h11-14,16H,5-10H2,1-4H3. The Morgan fingerprint density at radius 3 is 2.25 bits per heavy atom. The Hall–Kier alpha value is -0.0400. The summed E-state index contributed by atoms with van der Waals surface area (Å²) >= 11 is 0. The van der Waals surface area contributed by atoms with Crippen LogP contribution in [0.5, 0.6) is 0 Å². The molecular formula is C15H29N. The Morgan fingerprint density at radius 2 is 1.75 bits per heavy atom. The van der Waals surface area contributed by atoms with Crippen molar-refractivity contribution in [1.82, 2.24) is 5.32 Å². The Labute approximate surface area is 101 Å². The molecule has 2 fully saturated rings. The predicted molar refractivity (Wildman–Crippen MR) is 70.5 cm³/mol. The zero-order valence-electron chi connectivity index (χ0n) is 11.6. The molecule has 2 aliphatic rings. The van der Waals surface area contributed by atoms with Crippen molar-refractivity contribution in [2.45, 2.75) is 65.8 Å². The first kappa shape index (κ1) is 12.4. The van der Waals surface area contributed by atoms with Crippen LogP contribution in [0.2, 0.25) is 0 Å². The van der Waals surface area contributed by atoms with E-state index in [1.807, 2.05) is 0 Å². The fourth-order valence-electron chi connectivity index (χ4n) is 3.15. The van der Waals surface area contributed by atoms with Crippen LogP contribution in [-0.4, -0.2) is 12.6 Å². The number of hydrogen-bond donors (Lipinski definition) is 1. The topological polar surface area (TPSA) is 12.0 Å². The smallest absolute Gasteiger partial charge is 0.00683 e. The molecule has 16 heavy (non-hydrogen) atoms. The molecule has 0 aliphatic heterocycles. The van der Waals surface area contributed by atoms with Crippen molar-refractivity contribution in [3.63, 3.8) is 0 Å². The third-order valence-corrected chi connectivity index (χ3v) is 4.82. The summed E-state index contributed by atoms with van der Waals surface area (Å²) < 4.78 is 0. The molecule has 0 saturated heterocycles. The first-order chi connectivity index (χ1) is 7.47. The highest BCUT2D eigenvalue weighted by molar-refractivity contribution is 4.87. The van der Waals surface area contributed by atoms with E-state index in [9.17, 15) is 0 Å². The lowest BCUT2D eigenvalue weighted by atomic mass is 9.66. The molecule has 0 heterocycles. The van der Waals surface area contributed by atoms with E-state index in [2.05, 4.69) is 33.0 Å². The van der Waals surface area contributed by atoms with E-state index in [0.717, 1.165) is 23.8 Å². The summed E-state index contributed by atoms with van der Waals surface area (Å²) in [6.07, 6.45) is 7.19. The monoisotopic (exact) mass is 223 g/mol. The van der Waals surface area contributed by atoms with Gasteiger partial charge in [-0.2, -0.15) is 0 Å². The molecule has 1 N–H and O–H groups in total. The molecule has 1 nitrogen and oxygen atoms in total. The number of nitrogens with one attached hydrogen (secondary N) is 1. The van der Waals surface area contributed by atoms with E-state index in [1.54, 1.807) is 0 Å². The second-order valence-corrected chi connectivity index (χ2v) is 7.30. The van der Waals surface area contributed by atoms with Crippen LogP contribution < -0.4 is 5.32 Å². The maximum Gasteiger partial charge on any atom is 0.00683 e. The average molecular weight is 223 g/mol. The van der Waals surface area contributed by atoms with Gasteiger partial charge in [-0.05, 0) is 61.8 Å². The van der Waals surface area contributed by atoms with Crippen molar-refractivity contribution in [2.24, 2.45) is 23.2 Å². The molecule has 0 bridgehead atoms. The van der Waals surface area contributed by atoms with Crippen molar-refractivity contribution in [3.8, 4) is 0 Å². The van der Waals surface area contributed by atoms with Gasteiger partial charge in [0.25, 0.3) is 0 Å². The molecule has 1 heteroatoms. The minimum Gasteiger partial charge on any atom is -0.314 e. The third kappa shape index (κ3) is 3.23. The zero-order valence-corrected chi connectivity index (χ0v) is 11.6. The minimum absolute atomic E-state index is 0.517. The van der Waals surface area contributed by atoms with Gasteiger partial charge in [-0.3, -0.25) is 0 Å². The van der Waals surface area contributed by atoms with E-state index in [0.29, 0.717) is 5.41 Å². The molecule has 94 valence electrons. The molecule has 0 radical (unpaired) electrons. The first-order valence-electron chi connectivity index (χ1n) is 7.20. The van der Waals surface area contributed by atoms with Crippen LogP contribution in [0.25, 0.3) is 0 Å². The van der Waals surface area contributed by atoms with Crippen LogP contribution in [0, 0.1) is 23.2 Å². The fraction of sp³-hybridized carbons (Fsp3) is 1.00. The van der Waals surface area contributed by atoms with E-state index in [-0.39, 0.29) is 0 Å². The van der Waals surface area contributed by atoms with Gasteiger partial charge in [0.05, 0.1) is 0 Å². The molecule has 2 aliphatic carbocycles. The molecule has 2 rings (SSSR count). The van der Waals surface area contributed by atoms with Gasteiger partial charge < -0.3 is 5.32 Å². The number of hydrogen-bond acceptors (Lipinski definition) is 1. The van der Waals surface area contributed by atoms with Gasteiger partial charge in [0.15, 0.2) is 0 Å². The van der Waals surface area contributed by atoms with Gasteiger partial charge in [0.2, 0.25) is 0 Å². The van der Waals surface area contributed by atoms with Crippen LogP contribution in [-0.2, 0) is 0 Å². The minimum atomic E-state index is 0.517. The summed E-state index contributed by atoms with van der Waals surface area (Å²) in [5.41, 5.74) is 0.517. The molecule has 2 saturated carbocycles. The normalized spacial score (nSPS) is 36.4. The molecule has 0 aromatic carbocycles. The van der Waals surface area contributed by atoms with E-state index in [4.69, 9.17) is 0 Å². The number of rotatable bonds is 3. The Kier molecular flexibility index (Phi) is 3.63. The maximum absolute atomic E-state index is 3.71. The second kappa shape index (κ2) is 4.68. The highest BCUT2D eigenvalue weighted by atomic mass is 14.9. The molecule has 0 aromatic heterocycles. The maximum atomic E-state index is 3.71. The van der Waals surface area contributed by atoms with Gasteiger partial charge in [0, 0.05) is 6.04 Å². The largest absolute Gasteiger partial charge is 0.314 e. The summed E-state index contributed by atoms with van der Waals surface area (Å²) in [6, 6.07) is 0.882. The first-order valence-corrected chi connectivity index (χ1v) is 7.20. The SMILES string of the molecule is CC1CC(C(C)(C)C)CCC1CNC1CC1. The second-order valence-electron chi connectivity index (χ2n) is 7.30. The lowest BCUT2D eigenvalue weighted by Gasteiger charge is -2.40. The van der Waals surface area contributed by atoms with E-state index in [1.165, 1.54) is 38.6 Å². The molecule has 3 unspecified atom stereocenters. The van der Waals surface area contributed by atoms with Crippen LogP contribution in [0.15, 0.2) is 0 Å². The lowest BCUT2D eigenvalue weighted by Crippen LogP contribution is -2.36. The van der Waals surface area contributed by atoms with Gasteiger partial charge in [-0.25, -0.2) is 0 Å². The molecule has 0 spiro atoms. The van der Waals surface area contributed by atoms with Gasteiger partial charge in [0.1, 0.15) is 0 Å². The van der Waals surface area contributed by atoms with Gasteiger partial charge in [-0.15, -0.1) is 0 Å². The van der Waals surface area contributed by atoms with Crippen molar-refractivity contribution in [2.75, 3.05) is 6.54 Å². The highest BCUT2D eigenvalue weighted by Gasteiger charge is 2.34.